The van der Waals surface area contributed by atoms with Gasteiger partial charge >= 0.3 is 31.3 Å². The van der Waals surface area contributed by atoms with E-state index in [2.05, 4.69) is 8.37 Å². The fraction of sp³-hybridized carbons (Fsp3) is 0.152. The van der Waals surface area contributed by atoms with Crippen LogP contribution in [0.4, 0.5) is 26.3 Å². The summed E-state index contributed by atoms with van der Waals surface area (Å²) >= 11 is 0. The van der Waals surface area contributed by atoms with E-state index in [1.54, 1.807) is 6.92 Å². The SMILES string of the molecule is COc1cc(OS(=O)(=O)C(F)(F)F)ccc1C(=O)c1cccn1-c1ccn(S(=O)(=O)c2ccc(C)cc2)c1C(=O)c1ccc(OS(=O)(=O)C(F)(F)F)cc1OC. The Labute approximate surface area is 313 Å². The molecule has 0 amide bonds. The van der Waals surface area contributed by atoms with Gasteiger partial charge in [0.1, 0.15) is 28.7 Å². The van der Waals surface area contributed by atoms with Crippen molar-refractivity contribution >= 4 is 41.8 Å². The Morgan fingerprint density at radius 1 is 0.625 bits per heavy atom. The molecule has 0 atom stereocenters. The molecule has 0 N–H and O–H groups in total. The molecular formula is C33H24F6N2O12S3. The Bertz CT molecular complexity index is 2690. The van der Waals surface area contributed by atoms with E-state index in [0.29, 0.717) is 27.7 Å². The Morgan fingerprint density at radius 2 is 1.11 bits per heavy atom. The van der Waals surface area contributed by atoms with Gasteiger partial charge in [0.2, 0.25) is 11.6 Å². The number of hydrogen-bond donors (Lipinski definition) is 0. The Hall–Kier alpha value is -5.81. The predicted molar refractivity (Wildman–Crippen MR) is 182 cm³/mol. The van der Waals surface area contributed by atoms with Crippen LogP contribution in [0.3, 0.4) is 0 Å². The number of carbonyl (C=O) groups is 2. The fourth-order valence-corrected chi connectivity index (χ4v) is 7.30. The summed E-state index contributed by atoms with van der Waals surface area (Å²) in [5.41, 5.74) is -13.0. The lowest BCUT2D eigenvalue weighted by molar-refractivity contribution is -0.0504. The molecule has 23 heteroatoms. The molecule has 0 aliphatic heterocycles. The zero-order chi connectivity index (χ0) is 41.6. The van der Waals surface area contributed by atoms with Crippen molar-refractivity contribution in [2.45, 2.75) is 22.8 Å². The van der Waals surface area contributed by atoms with Crippen LogP contribution < -0.4 is 17.8 Å². The molecule has 3 aromatic carbocycles. The lowest BCUT2D eigenvalue weighted by Crippen LogP contribution is -2.28. The molecule has 0 spiro atoms. The number of methoxy groups -OCH3 is 2. The Balaban J connectivity index is 1.66. The number of benzene rings is 3. The number of nitrogens with zero attached hydrogens (tertiary/aromatic N) is 2. The smallest absolute Gasteiger partial charge is 0.496 e. The van der Waals surface area contributed by atoms with Gasteiger partial charge in [0.15, 0.2) is 0 Å². The number of hydrogen-bond acceptors (Lipinski definition) is 12. The molecule has 14 nitrogen and oxygen atoms in total. The van der Waals surface area contributed by atoms with E-state index in [1.165, 1.54) is 42.6 Å². The third-order valence-electron chi connectivity index (χ3n) is 7.68. The van der Waals surface area contributed by atoms with Crippen LogP contribution >= 0.6 is 0 Å². The first-order chi connectivity index (χ1) is 25.9. The van der Waals surface area contributed by atoms with E-state index in [9.17, 15) is 61.2 Å². The Kier molecular flexibility index (Phi) is 10.8. The summed E-state index contributed by atoms with van der Waals surface area (Å²) in [6, 6.07) is 13.6. The summed E-state index contributed by atoms with van der Waals surface area (Å²) in [6.45, 7) is 1.68. The van der Waals surface area contributed by atoms with Crippen molar-refractivity contribution in [1.29, 1.82) is 0 Å². The van der Waals surface area contributed by atoms with Crippen LogP contribution in [0.2, 0.25) is 0 Å². The number of halogens is 6. The molecule has 298 valence electrons. The highest BCUT2D eigenvalue weighted by molar-refractivity contribution is 7.90. The van der Waals surface area contributed by atoms with Gasteiger partial charge in [-0.1, -0.05) is 17.7 Å². The molecule has 2 heterocycles. The predicted octanol–water partition coefficient (Wildman–Crippen LogP) is 5.76. The van der Waals surface area contributed by atoms with Gasteiger partial charge in [-0.05, 0) is 61.5 Å². The van der Waals surface area contributed by atoms with Crippen molar-refractivity contribution in [2.75, 3.05) is 14.2 Å². The van der Waals surface area contributed by atoms with Crippen LogP contribution in [-0.4, -0.2) is 70.6 Å². The molecular weight excluding hydrogens is 827 g/mol. The van der Waals surface area contributed by atoms with Gasteiger partial charge in [0, 0.05) is 24.5 Å². The van der Waals surface area contributed by atoms with Crippen LogP contribution in [0.5, 0.6) is 23.0 Å². The van der Waals surface area contributed by atoms with Gasteiger partial charge in [-0.25, -0.2) is 12.4 Å². The maximum atomic E-state index is 14.4. The van der Waals surface area contributed by atoms with E-state index in [-0.39, 0.29) is 21.8 Å². The lowest BCUT2D eigenvalue weighted by atomic mass is 10.0. The van der Waals surface area contributed by atoms with Gasteiger partial charge in [0.25, 0.3) is 10.0 Å². The summed E-state index contributed by atoms with van der Waals surface area (Å²) in [5.74, 6) is -4.89. The number of alkyl halides is 6. The number of aromatic nitrogens is 2. The van der Waals surface area contributed by atoms with Crippen molar-refractivity contribution in [3.63, 3.8) is 0 Å². The van der Waals surface area contributed by atoms with Crippen molar-refractivity contribution in [3.8, 4) is 28.7 Å². The van der Waals surface area contributed by atoms with Crippen LogP contribution in [0.1, 0.15) is 37.7 Å². The monoisotopic (exact) mass is 850 g/mol. The van der Waals surface area contributed by atoms with Crippen molar-refractivity contribution < 1.29 is 79.0 Å². The van der Waals surface area contributed by atoms with Gasteiger partial charge in [-0.3, -0.25) is 9.59 Å². The second kappa shape index (κ2) is 14.7. The molecule has 2 aromatic heterocycles. The summed E-state index contributed by atoms with van der Waals surface area (Å²) in [4.78, 5) is 28.1. The van der Waals surface area contributed by atoms with E-state index in [0.717, 1.165) is 49.2 Å². The van der Waals surface area contributed by atoms with Crippen molar-refractivity contribution in [3.05, 3.63) is 119 Å². The van der Waals surface area contributed by atoms with Crippen LogP contribution in [0.25, 0.3) is 5.69 Å². The Morgan fingerprint density at radius 3 is 1.57 bits per heavy atom. The maximum Gasteiger partial charge on any atom is 0.534 e. The molecule has 0 aliphatic rings. The molecule has 0 fully saturated rings. The minimum absolute atomic E-state index is 0.281. The zero-order valence-corrected chi connectivity index (χ0v) is 30.9. The minimum Gasteiger partial charge on any atom is -0.496 e. The first kappa shape index (κ1) is 41.4. The second-order valence-electron chi connectivity index (χ2n) is 11.3. The van der Waals surface area contributed by atoms with E-state index in [4.69, 9.17) is 9.47 Å². The molecule has 0 aliphatic carbocycles. The molecule has 56 heavy (non-hydrogen) atoms. The molecule has 5 aromatic rings. The molecule has 5 rings (SSSR count). The average Bonchev–Trinajstić information content (AvgIpc) is 3.78. The van der Waals surface area contributed by atoms with Crippen LogP contribution in [-0.2, 0) is 30.3 Å². The molecule has 0 saturated carbocycles. The van der Waals surface area contributed by atoms with Crippen molar-refractivity contribution in [2.24, 2.45) is 0 Å². The first-order valence-electron chi connectivity index (χ1n) is 15.1. The molecule has 0 saturated heterocycles. The second-order valence-corrected chi connectivity index (χ2v) is 16.2. The van der Waals surface area contributed by atoms with E-state index in [1.807, 2.05) is 0 Å². The van der Waals surface area contributed by atoms with Crippen molar-refractivity contribution in [1.82, 2.24) is 8.54 Å². The van der Waals surface area contributed by atoms with E-state index >= 15 is 0 Å². The van der Waals surface area contributed by atoms with Gasteiger partial charge < -0.3 is 22.4 Å². The average molecular weight is 851 g/mol. The highest BCUT2D eigenvalue weighted by atomic mass is 32.2. The van der Waals surface area contributed by atoms with E-state index < -0.39 is 87.1 Å². The number of carbonyl (C=O) groups excluding carboxylic acids is 2. The van der Waals surface area contributed by atoms with Gasteiger partial charge in [0.05, 0.1) is 41.6 Å². The number of aryl methyl sites for hydroxylation is 1. The topological polar surface area (TPSA) is 183 Å². The molecule has 0 radical (unpaired) electrons. The highest BCUT2D eigenvalue weighted by Crippen LogP contribution is 2.36. The number of rotatable bonds is 13. The summed E-state index contributed by atoms with van der Waals surface area (Å²) < 4.78 is 172. The number of ether oxygens (including phenoxy) is 2. The quantitative estimate of drug-likeness (QED) is 0.0605. The zero-order valence-electron chi connectivity index (χ0n) is 28.4. The number of ketones is 2. The minimum atomic E-state index is -6.15. The highest BCUT2D eigenvalue weighted by Gasteiger charge is 2.49. The fourth-order valence-electron chi connectivity index (χ4n) is 5.05. The standard InChI is InChI=1S/C33H24F6N2O12S3/c1-19-6-10-22(11-7-19)54(44,45)41-16-14-25(29(41)31(43)24-13-9-21(18-28(24)51-3)53-56(48,49)33(37,38)39)40-15-4-5-26(40)30(42)23-12-8-20(17-27(23)50-2)52-55(46,47)32(34,35)36/h4-18H,1-3H3. The third kappa shape index (κ3) is 7.81. The van der Waals surface area contributed by atoms with Crippen LogP contribution in [0, 0.1) is 6.92 Å². The summed E-state index contributed by atoms with van der Waals surface area (Å²) in [7, 11) is -14.9. The largest absolute Gasteiger partial charge is 0.534 e. The summed E-state index contributed by atoms with van der Waals surface area (Å²) in [6.07, 6.45) is 2.21. The maximum absolute atomic E-state index is 14.4. The molecule has 0 bridgehead atoms. The van der Waals surface area contributed by atoms with Gasteiger partial charge in [-0.2, -0.15) is 43.2 Å². The first-order valence-corrected chi connectivity index (χ1v) is 19.4. The normalized spacial score (nSPS) is 12.6. The third-order valence-corrected chi connectivity index (χ3v) is 11.3. The molecule has 0 unspecified atom stereocenters. The van der Waals surface area contributed by atoms with Crippen LogP contribution in [0.15, 0.2) is 96.2 Å². The summed E-state index contributed by atoms with van der Waals surface area (Å²) in [5, 5.41) is 0. The lowest BCUT2D eigenvalue weighted by Gasteiger charge is -2.16. The van der Waals surface area contributed by atoms with Gasteiger partial charge in [-0.15, -0.1) is 0 Å².